The van der Waals surface area contributed by atoms with Crippen LogP contribution >= 0.6 is 11.3 Å². The summed E-state index contributed by atoms with van der Waals surface area (Å²) in [5, 5.41) is 3.59. The number of amides is 2. The molecule has 1 N–H and O–H groups in total. The number of aryl methyl sites for hydroxylation is 1. The Balaban J connectivity index is 1.41. The fourth-order valence-electron chi connectivity index (χ4n) is 3.69. The van der Waals surface area contributed by atoms with Gasteiger partial charge in [0.25, 0.3) is 11.8 Å². The number of carbonyl (C=O) groups excluding carboxylic acids is 2. The van der Waals surface area contributed by atoms with Gasteiger partial charge >= 0.3 is 0 Å². The minimum absolute atomic E-state index is 0.0501. The number of carbonyl (C=O) groups is 2. The molecule has 0 saturated carbocycles. The standard InChI is InChI=1S/C22H21FN2O2S/c1-14-19-17(23)8-5-9-18(19)28-20(14)22(27)25-12-10-16(11-13-25)24-21(26)15-6-3-2-4-7-15/h2-9,16H,10-13H2,1H3,(H,24,26). The summed E-state index contributed by atoms with van der Waals surface area (Å²) in [4.78, 5) is 27.7. The number of nitrogens with zero attached hydrogens (tertiary/aromatic N) is 1. The van der Waals surface area contributed by atoms with Crippen LogP contribution in [-0.4, -0.2) is 35.8 Å². The van der Waals surface area contributed by atoms with Crippen LogP contribution in [0.2, 0.25) is 0 Å². The number of hydrogen-bond acceptors (Lipinski definition) is 3. The lowest BCUT2D eigenvalue weighted by atomic mass is 10.0. The molecule has 6 heteroatoms. The Bertz CT molecular complexity index is 1020. The molecule has 4 nitrogen and oxygen atoms in total. The van der Waals surface area contributed by atoms with E-state index in [0.717, 1.165) is 4.70 Å². The van der Waals surface area contributed by atoms with Crippen LogP contribution in [0.5, 0.6) is 0 Å². The lowest BCUT2D eigenvalue weighted by Crippen LogP contribution is -2.46. The molecule has 0 unspecified atom stereocenters. The second kappa shape index (κ2) is 7.72. The summed E-state index contributed by atoms with van der Waals surface area (Å²) >= 11 is 1.35. The van der Waals surface area contributed by atoms with Gasteiger partial charge in [-0.25, -0.2) is 4.39 Å². The van der Waals surface area contributed by atoms with Crippen molar-refractivity contribution in [3.05, 3.63) is 70.4 Å². The minimum atomic E-state index is -0.285. The number of halogens is 1. The molecule has 28 heavy (non-hydrogen) atoms. The van der Waals surface area contributed by atoms with E-state index < -0.39 is 0 Å². The van der Waals surface area contributed by atoms with E-state index >= 15 is 0 Å². The Labute approximate surface area is 167 Å². The first-order valence-corrected chi connectivity index (χ1v) is 10.2. The molecule has 0 aliphatic carbocycles. The summed E-state index contributed by atoms with van der Waals surface area (Å²) in [6.45, 7) is 2.96. The number of benzene rings is 2. The molecule has 1 aliphatic rings. The van der Waals surface area contributed by atoms with Crippen LogP contribution in [0.15, 0.2) is 48.5 Å². The summed E-state index contributed by atoms with van der Waals surface area (Å²) in [7, 11) is 0. The number of rotatable bonds is 3. The zero-order valence-corrected chi connectivity index (χ0v) is 16.4. The molecular formula is C22H21FN2O2S. The van der Waals surface area contributed by atoms with Crippen LogP contribution in [0, 0.1) is 12.7 Å². The average molecular weight is 396 g/mol. The Hall–Kier alpha value is -2.73. The Morgan fingerprint density at radius 3 is 2.46 bits per heavy atom. The number of thiophene rings is 1. The molecular weight excluding hydrogens is 375 g/mol. The third-order valence-electron chi connectivity index (χ3n) is 5.25. The van der Waals surface area contributed by atoms with Crippen molar-refractivity contribution < 1.29 is 14.0 Å². The number of piperidine rings is 1. The van der Waals surface area contributed by atoms with Gasteiger partial charge in [0, 0.05) is 34.8 Å². The van der Waals surface area contributed by atoms with E-state index in [1.165, 1.54) is 17.4 Å². The van der Waals surface area contributed by atoms with E-state index in [0.29, 0.717) is 47.3 Å². The highest BCUT2D eigenvalue weighted by Crippen LogP contribution is 2.33. The molecule has 0 radical (unpaired) electrons. The fourth-order valence-corrected chi connectivity index (χ4v) is 4.88. The van der Waals surface area contributed by atoms with E-state index in [-0.39, 0.29) is 23.7 Å². The zero-order chi connectivity index (χ0) is 19.7. The second-order valence-corrected chi connectivity index (χ2v) is 8.13. The molecule has 1 aliphatic heterocycles. The smallest absolute Gasteiger partial charge is 0.264 e. The largest absolute Gasteiger partial charge is 0.349 e. The topological polar surface area (TPSA) is 49.4 Å². The van der Waals surface area contributed by atoms with E-state index in [4.69, 9.17) is 0 Å². The van der Waals surface area contributed by atoms with Gasteiger partial charge in [0.05, 0.1) is 4.88 Å². The summed E-state index contributed by atoms with van der Waals surface area (Å²) in [6.07, 6.45) is 1.42. The molecule has 2 heterocycles. The van der Waals surface area contributed by atoms with Crippen molar-refractivity contribution >= 4 is 33.2 Å². The molecule has 2 amide bonds. The highest BCUT2D eigenvalue weighted by Gasteiger charge is 2.27. The first-order chi connectivity index (χ1) is 13.5. The highest BCUT2D eigenvalue weighted by molar-refractivity contribution is 7.21. The van der Waals surface area contributed by atoms with E-state index in [2.05, 4.69) is 5.32 Å². The molecule has 4 rings (SSSR count). The van der Waals surface area contributed by atoms with Crippen molar-refractivity contribution in [2.45, 2.75) is 25.8 Å². The third kappa shape index (κ3) is 3.52. The first kappa shape index (κ1) is 18.6. The number of nitrogens with one attached hydrogen (secondary N) is 1. The molecule has 1 aromatic heterocycles. The van der Waals surface area contributed by atoms with Gasteiger partial charge < -0.3 is 10.2 Å². The van der Waals surface area contributed by atoms with Crippen LogP contribution < -0.4 is 5.32 Å². The van der Waals surface area contributed by atoms with Gasteiger partial charge in [0.2, 0.25) is 0 Å². The molecule has 144 valence electrons. The van der Waals surface area contributed by atoms with Crippen molar-refractivity contribution in [1.82, 2.24) is 10.2 Å². The molecule has 1 fully saturated rings. The normalized spacial score (nSPS) is 15.0. The molecule has 0 atom stereocenters. The number of likely N-dealkylation sites (tertiary alicyclic amines) is 1. The fraction of sp³-hybridized carbons (Fsp3) is 0.273. The van der Waals surface area contributed by atoms with Crippen molar-refractivity contribution in [2.24, 2.45) is 0 Å². The summed E-state index contributed by atoms with van der Waals surface area (Å²) < 4.78 is 14.9. The minimum Gasteiger partial charge on any atom is -0.349 e. The first-order valence-electron chi connectivity index (χ1n) is 9.37. The Kier molecular flexibility index (Phi) is 5.13. The molecule has 0 bridgehead atoms. The second-order valence-electron chi connectivity index (χ2n) is 7.08. The zero-order valence-electron chi connectivity index (χ0n) is 15.6. The lowest BCUT2D eigenvalue weighted by Gasteiger charge is -2.32. The van der Waals surface area contributed by atoms with Crippen molar-refractivity contribution in [3.8, 4) is 0 Å². The average Bonchev–Trinajstić information content (AvgIpc) is 3.06. The summed E-state index contributed by atoms with van der Waals surface area (Å²) in [6, 6.07) is 14.1. The van der Waals surface area contributed by atoms with Crippen LogP contribution in [-0.2, 0) is 0 Å². The quantitative estimate of drug-likeness (QED) is 0.714. The van der Waals surface area contributed by atoms with Crippen molar-refractivity contribution in [2.75, 3.05) is 13.1 Å². The molecule has 0 spiro atoms. The Morgan fingerprint density at radius 2 is 1.79 bits per heavy atom. The van der Waals surface area contributed by atoms with Crippen molar-refractivity contribution in [3.63, 3.8) is 0 Å². The maximum atomic E-state index is 14.1. The van der Waals surface area contributed by atoms with Gasteiger partial charge in [-0.2, -0.15) is 0 Å². The van der Waals surface area contributed by atoms with E-state index in [9.17, 15) is 14.0 Å². The van der Waals surface area contributed by atoms with Crippen molar-refractivity contribution in [1.29, 1.82) is 0 Å². The van der Waals surface area contributed by atoms with Crippen LogP contribution in [0.25, 0.3) is 10.1 Å². The van der Waals surface area contributed by atoms with Gasteiger partial charge in [0.15, 0.2) is 0 Å². The van der Waals surface area contributed by atoms with Gasteiger partial charge in [0.1, 0.15) is 5.82 Å². The number of hydrogen-bond donors (Lipinski definition) is 1. The van der Waals surface area contributed by atoms with Crippen LogP contribution in [0.4, 0.5) is 4.39 Å². The molecule has 3 aromatic rings. The monoisotopic (exact) mass is 396 g/mol. The highest BCUT2D eigenvalue weighted by atomic mass is 32.1. The SMILES string of the molecule is Cc1c(C(=O)N2CCC(NC(=O)c3ccccc3)CC2)sc2cccc(F)c12. The maximum absolute atomic E-state index is 14.1. The molecule has 1 saturated heterocycles. The predicted molar refractivity (Wildman–Crippen MR) is 109 cm³/mol. The predicted octanol–water partition coefficient (Wildman–Crippen LogP) is 4.38. The lowest BCUT2D eigenvalue weighted by molar-refractivity contribution is 0.0702. The third-order valence-corrected chi connectivity index (χ3v) is 6.50. The maximum Gasteiger partial charge on any atom is 0.264 e. The summed E-state index contributed by atoms with van der Waals surface area (Å²) in [5.41, 5.74) is 1.35. The van der Waals surface area contributed by atoms with Gasteiger partial charge in [-0.05, 0) is 49.6 Å². The molecule has 2 aromatic carbocycles. The van der Waals surface area contributed by atoms with Gasteiger partial charge in [-0.15, -0.1) is 11.3 Å². The Morgan fingerprint density at radius 1 is 1.07 bits per heavy atom. The van der Waals surface area contributed by atoms with E-state index in [1.807, 2.05) is 31.2 Å². The summed E-state index contributed by atoms with van der Waals surface area (Å²) in [5.74, 6) is -0.417. The van der Waals surface area contributed by atoms with Gasteiger partial charge in [-0.1, -0.05) is 24.3 Å². The van der Waals surface area contributed by atoms with Gasteiger partial charge in [-0.3, -0.25) is 9.59 Å². The van der Waals surface area contributed by atoms with Crippen LogP contribution in [0.1, 0.15) is 38.4 Å². The van der Waals surface area contributed by atoms with E-state index in [1.54, 1.807) is 23.1 Å². The number of fused-ring (bicyclic) bond motifs is 1. The van der Waals surface area contributed by atoms with Crippen LogP contribution in [0.3, 0.4) is 0 Å².